The molecule has 0 aromatic heterocycles. The van der Waals surface area contributed by atoms with E-state index in [1.54, 1.807) is 0 Å². The van der Waals surface area contributed by atoms with Crippen molar-refractivity contribution in [1.82, 2.24) is 15.5 Å². The van der Waals surface area contributed by atoms with Gasteiger partial charge in [-0.25, -0.2) is 0 Å². The normalized spacial score (nSPS) is 14.5. The van der Waals surface area contributed by atoms with Gasteiger partial charge in [0.1, 0.15) is 0 Å². The Kier molecular flexibility index (Phi) is 5.35. The average molecular weight is 239 g/mol. The van der Waals surface area contributed by atoms with Crippen LogP contribution in [0.4, 0.5) is 0 Å². The summed E-state index contributed by atoms with van der Waals surface area (Å²) in [5, 5.41) is 5.70. The molecule has 0 radical (unpaired) electrons. The van der Waals surface area contributed by atoms with Gasteiger partial charge >= 0.3 is 0 Å². The number of nitrogens with zero attached hydrogens (tertiary/aromatic N) is 1. The van der Waals surface area contributed by atoms with Crippen molar-refractivity contribution in [2.24, 2.45) is 0 Å². The predicted octanol–water partition coefficient (Wildman–Crippen LogP) is -0.973. The van der Waals surface area contributed by atoms with Crippen LogP contribution >= 0.6 is 0 Å². The number of imide groups is 1. The van der Waals surface area contributed by atoms with Crippen LogP contribution in [0.25, 0.3) is 0 Å². The van der Waals surface area contributed by atoms with Crippen LogP contribution < -0.4 is 10.6 Å². The Bertz CT molecular complexity index is 321. The van der Waals surface area contributed by atoms with Crippen molar-refractivity contribution < 1.29 is 14.4 Å². The molecule has 0 aliphatic carbocycles. The summed E-state index contributed by atoms with van der Waals surface area (Å²) in [6, 6.07) is 0. The van der Waals surface area contributed by atoms with Crippen LogP contribution in [0.2, 0.25) is 0 Å². The highest BCUT2D eigenvalue weighted by molar-refractivity contribution is 6.13. The van der Waals surface area contributed by atoms with Crippen molar-refractivity contribution in [2.75, 3.05) is 26.7 Å². The Balaban J connectivity index is 2.16. The highest BCUT2D eigenvalue weighted by Gasteiger charge is 2.23. The van der Waals surface area contributed by atoms with E-state index in [2.05, 4.69) is 10.6 Å². The maximum atomic E-state index is 11.4. The van der Waals surface area contributed by atoms with Crippen LogP contribution in [0.15, 0.2) is 12.2 Å². The third-order valence-corrected chi connectivity index (χ3v) is 2.39. The summed E-state index contributed by atoms with van der Waals surface area (Å²) >= 11 is 0. The number of hydrogen-bond acceptors (Lipinski definition) is 4. The summed E-state index contributed by atoms with van der Waals surface area (Å²) in [6.45, 7) is 1.58. The monoisotopic (exact) mass is 239 g/mol. The van der Waals surface area contributed by atoms with E-state index in [1.165, 1.54) is 12.2 Å². The van der Waals surface area contributed by atoms with Gasteiger partial charge < -0.3 is 10.6 Å². The molecule has 0 saturated carbocycles. The summed E-state index contributed by atoms with van der Waals surface area (Å²) in [6.07, 6.45) is 3.43. The fourth-order valence-corrected chi connectivity index (χ4v) is 1.45. The van der Waals surface area contributed by atoms with Crippen molar-refractivity contribution in [1.29, 1.82) is 0 Å². The van der Waals surface area contributed by atoms with Crippen LogP contribution in [-0.2, 0) is 14.4 Å². The number of rotatable bonds is 7. The largest absolute Gasteiger partial charge is 0.356 e. The van der Waals surface area contributed by atoms with E-state index >= 15 is 0 Å². The van der Waals surface area contributed by atoms with Crippen LogP contribution in [-0.4, -0.2) is 49.3 Å². The van der Waals surface area contributed by atoms with Crippen molar-refractivity contribution >= 4 is 17.7 Å². The zero-order valence-electron chi connectivity index (χ0n) is 9.86. The number of hydrogen-bond donors (Lipinski definition) is 2. The first kappa shape index (κ1) is 13.4. The van der Waals surface area contributed by atoms with Crippen LogP contribution in [0.1, 0.15) is 12.8 Å². The predicted molar refractivity (Wildman–Crippen MR) is 62.0 cm³/mol. The van der Waals surface area contributed by atoms with Gasteiger partial charge in [-0.1, -0.05) is 0 Å². The molecular formula is C11H17N3O3. The molecule has 1 aliphatic heterocycles. The van der Waals surface area contributed by atoms with Crippen LogP contribution in [0, 0.1) is 0 Å². The standard InChI is InChI=1S/C11H17N3O3/c1-12-6-2-7-13-9(15)5-8-14-10(16)3-4-11(14)17/h3-4,12H,2,5-8H2,1H3,(H,13,15). The SMILES string of the molecule is CNCCCNC(=O)CCN1C(=O)C=CC1=O. The minimum atomic E-state index is -0.349. The minimum Gasteiger partial charge on any atom is -0.356 e. The van der Waals surface area contributed by atoms with E-state index < -0.39 is 0 Å². The third-order valence-electron chi connectivity index (χ3n) is 2.39. The molecule has 0 aromatic carbocycles. The van der Waals surface area contributed by atoms with Gasteiger partial charge in [0.15, 0.2) is 0 Å². The van der Waals surface area contributed by atoms with E-state index in [9.17, 15) is 14.4 Å². The van der Waals surface area contributed by atoms with Gasteiger partial charge in [-0.15, -0.1) is 0 Å². The Morgan fingerprint density at radius 3 is 2.47 bits per heavy atom. The van der Waals surface area contributed by atoms with E-state index in [1.807, 2.05) is 7.05 Å². The summed E-state index contributed by atoms with van der Waals surface area (Å²) < 4.78 is 0. The summed E-state index contributed by atoms with van der Waals surface area (Å²) in [5.74, 6) is -0.843. The van der Waals surface area contributed by atoms with Crippen molar-refractivity contribution in [2.45, 2.75) is 12.8 Å². The lowest BCUT2D eigenvalue weighted by molar-refractivity contribution is -0.137. The molecule has 0 fully saturated rings. The summed E-state index contributed by atoms with van der Waals surface area (Å²) in [7, 11) is 1.85. The van der Waals surface area contributed by atoms with E-state index in [4.69, 9.17) is 0 Å². The highest BCUT2D eigenvalue weighted by Crippen LogP contribution is 2.03. The maximum Gasteiger partial charge on any atom is 0.253 e. The molecule has 0 bridgehead atoms. The molecule has 2 N–H and O–H groups in total. The van der Waals surface area contributed by atoms with Gasteiger partial charge in [0.05, 0.1) is 0 Å². The van der Waals surface area contributed by atoms with Gasteiger partial charge in [0.25, 0.3) is 11.8 Å². The molecule has 0 spiro atoms. The second-order valence-electron chi connectivity index (χ2n) is 3.72. The smallest absolute Gasteiger partial charge is 0.253 e. The lowest BCUT2D eigenvalue weighted by Gasteiger charge is -2.13. The van der Waals surface area contributed by atoms with E-state index in [-0.39, 0.29) is 30.7 Å². The Morgan fingerprint density at radius 2 is 1.88 bits per heavy atom. The van der Waals surface area contributed by atoms with Crippen molar-refractivity contribution in [3.8, 4) is 0 Å². The van der Waals surface area contributed by atoms with E-state index in [0.717, 1.165) is 17.9 Å². The Hall–Kier alpha value is -1.69. The molecular weight excluding hydrogens is 222 g/mol. The van der Waals surface area contributed by atoms with Gasteiger partial charge in [0, 0.05) is 31.7 Å². The molecule has 0 unspecified atom stereocenters. The van der Waals surface area contributed by atoms with Gasteiger partial charge in [-0.05, 0) is 20.0 Å². The molecule has 6 nitrogen and oxygen atoms in total. The fraction of sp³-hybridized carbons (Fsp3) is 0.545. The molecule has 0 saturated heterocycles. The number of carbonyl (C=O) groups excluding carboxylic acids is 3. The second-order valence-corrected chi connectivity index (χ2v) is 3.72. The number of nitrogens with one attached hydrogen (secondary N) is 2. The lowest BCUT2D eigenvalue weighted by atomic mass is 10.3. The first-order valence-corrected chi connectivity index (χ1v) is 5.60. The Morgan fingerprint density at radius 1 is 1.24 bits per heavy atom. The Labute approximate surface area is 100 Å². The minimum absolute atomic E-state index is 0.141. The van der Waals surface area contributed by atoms with E-state index in [0.29, 0.717) is 6.54 Å². The molecule has 0 aromatic rings. The lowest BCUT2D eigenvalue weighted by Crippen LogP contribution is -2.35. The molecule has 94 valence electrons. The van der Waals surface area contributed by atoms with Crippen LogP contribution in [0.3, 0.4) is 0 Å². The molecule has 1 aliphatic rings. The highest BCUT2D eigenvalue weighted by atomic mass is 16.2. The summed E-state index contributed by atoms with van der Waals surface area (Å²) in [4.78, 5) is 34.8. The van der Waals surface area contributed by atoms with Gasteiger partial charge in [-0.2, -0.15) is 0 Å². The zero-order chi connectivity index (χ0) is 12.7. The second kappa shape index (κ2) is 6.80. The van der Waals surface area contributed by atoms with Gasteiger partial charge in [-0.3, -0.25) is 19.3 Å². The summed E-state index contributed by atoms with van der Waals surface area (Å²) in [5.41, 5.74) is 0. The third kappa shape index (κ3) is 4.36. The average Bonchev–Trinajstić information content (AvgIpc) is 2.62. The first-order valence-electron chi connectivity index (χ1n) is 5.60. The molecule has 0 atom stereocenters. The quantitative estimate of drug-likeness (QED) is 0.442. The molecule has 6 heteroatoms. The topological polar surface area (TPSA) is 78.5 Å². The van der Waals surface area contributed by atoms with Crippen molar-refractivity contribution in [3.05, 3.63) is 12.2 Å². The van der Waals surface area contributed by atoms with Gasteiger partial charge in [0.2, 0.25) is 5.91 Å². The number of carbonyl (C=O) groups is 3. The van der Waals surface area contributed by atoms with Crippen molar-refractivity contribution in [3.63, 3.8) is 0 Å². The molecule has 1 heterocycles. The maximum absolute atomic E-state index is 11.4. The molecule has 3 amide bonds. The molecule has 17 heavy (non-hydrogen) atoms. The first-order chi connectivity index (χ1) is 8.15. The van der Waals surface area contributed by atoms with Crippen LogP contribution in [0.5, 0.6) is 0 Å². The fourth-order valence-electron chi connectivity index (χ4n) is 1.45. The zero-order valence-corrected chi connectivity index (χ0v) is 9.86. The number of amides is 3. The molecule has 1 rings (SSSR count).